The molecule has 3 N–H and O–H groups in total. The van der Waals surface area contributed by atoms with Crippen molar-refractivity contribution in [1.29, 1.82) is 0 Å². The van der Waals surface area contributed by atoms with Crippen LogP contribution in [0.25, 0.3) is 0 Å². The Kier molecular flexibility index (Phi) is 7.87. The molecular formula is C14H22ClNO4. The van der Waals surface area contributed by atoms with E-state index in [1.807, 2.05) is 6.92 Å². The summed E-state index contributed by atoms with van der Waals surface area (Å²) in [5, 5.41) is 10.4. The highest BCUT2D eigenvalue weighted by atomic mass is 35.5. The lowest BCUT2D eigenvalue weighted by atomic mass is 10.2. The standard InChI is InChI=1S/C14H22ClNO4/c1-10(7-18-2)19-8-11(17)9-20-14-5-3-4-13(15)12(14)6-16/h3-5,10-11,17H,6-9,16H2,1-2H3. The average Bonchev–Trinajstić information content (AvgIpc) is 2.43. The first-order valence-electron chi connectivity index (χ1n) is 6.47. The zero-order valence-electron chi connectivity index (χ0n) is 11.8. The third kappa shape index (κ3) is 5.64. The van der Waals surface area contributed by atoms with Gasteiger partial charge in [-0.1, -0.05) is 17.7 Å². The second kappa shape index (κ2) is 9.15. The number of aliphatic hydroxyl groups excluding tert-OH is 1. The lowest BCUT2D eigenvalue weighted by Gasteiger charge is -2.17. The highest BCUT2D eigenvalue weighted by Gasteiger charge is 2.11. The summed E-state index contributed by atoms with van der Waals surface area (Å²) in [6.45, 7) is 2.95. The summed E-state index contributed by atoms with van der Waals surface area (Å²) in [5.74, 6) is 0.587. The minimum Gasteiger partial charge on any atom is -0.490 e. The molecule has 1 rings (SSSR count). The van der Waals surface area contributed by atoms with Gasteiger partial charge in [0.15, 0.2) is 0 Å². The first-order valence-corrected chi connectivity index (χ1v) is 6.85. The van der Waals surface area contributed by atoms with Crippen molar-refractivity contribution in [3.8, 4) is 5.75 Å². The molecule has 1 aromatic rings. The van der Waals surface area contributed by atoms with Gasteiger partial charge in [0, 0.05) is 24.2 Å². The van der Waals surface area contributed by atoms with Gasteiger partial charge in [0.25, 0.3) is 0 Å². The summed E-state index contributed by atoms with van der Waals surface area (Å²) in [6, 6.07) is 5.30. The smallest absolute Gasteiger partial charge is 0.125 e. The van der Waals surface area contributed by atoms with Crippen LogP contribution in [-0.4, -0.2) is 44.2 Å². The number of hydrogen-bond acceptors (Lipinski definition) is 5. The number of rotatable bonds is 9. The Hall–Kier alpha value is -0.850. The van der Waals surface area contributed by atoms with Gasteiger partial charge in [-0.3, -0.25) is 0 Å². The monoisotopic (exact) mass is 303 g/mol. The zero-order valence-corrected chi connectivity index (χ0v) is 12.6. The van der Waals surface area contributed by atoms with Crippen molar-refractivity contribution in [2.75, 3.05) is 26.9 Å². The summed E-state index contributed by atoms with van der Waals surface area (Å²) in [6.07, 6.45) is -0.792. The molecule has 1 aromatic carbocycles. The number of aliphatic hydroxyl groups is 1. The maximum Gasteiger partial charge on any atom is 0.125 e. The lowest BCUT2D eigenvalue weighted by Crippen LogP contribution is -2.27. The van der Waals surface area contributed by atoms with Gasteiger partial charge in [-0.05, 0) is 19.1 Å². The van der Waals surface area contributed by atoms with Crippen LogP contribution in [0, 0.1) is 0 Å². The van der Waals surface area contributed by atoms with Crippen LogP contribution in [0.2, 0.25) is 5.02 Å². The van der Waals surface area contributed by atoms with Crippen LogP contribution in [0.4, 0.5) is 0 Å². The molecule has 0 saturated heterocycles. The van der Waals surface area contributed by atoms with Gasteiger partial charge in [-0.15, -0.1) is 0 Å². The van der Waals surface area contributed by atoms with E-state index in [1.165, 1.54) is 0 Å². The van der Waals surface area contributed by atoms with Crippen molar-refractivity contribution < 1.29 is 19.3 Å². The fourth-order valence-corrected chi connectivity index (χ4v) is 1.91. The largest absolute Gasteiger partial charge is 0.490 e. The summed E-state index contributed by atoms with van der Waals surface area (Å²) < 4.78 is 15.9. The van der Waals surface area contributed by atoms with Crippen LogP contribution in [-0.2, 0) is 16.0 Å². The van der Waals surface area contributed by atoms with Crippen LogP contribution < -0.4 is 10.5 Å². The molecular weight excluding hydrogens is 282 g/mol. The summed E-state index contributed by atoms with van der Waals surface area (Å²) in [4.78, 5) is 0. The van der Waals surface area contributed by atoms with Crippen LogP contribution in [0.15, 0.2) is 18.2 Å². The van der Waals surface area contributed by atoms with Crippen LogP contribution in [0.3, 0.4) is 0 Å². The molecule has 0 bridgehead atoms. The van der Waals surface area contributed by atoms with Crippen LogP contribution >= 0.6 is 11.6 Å². The van der Waals surface area contributed by atoms with E-state index in [0.29, 0.717) is 17.4 Å². The molecule has 0 radical (unpaired) electrons. The second-order valence-corrected chi connectivity index (χ2v) is 4.89. The van der Waals surface area contributed by atoms with Crippen molar-refractivity contribution in [3.63, 3.8) is 0 Å². The van der Waals surface area contributed by atoms with Gasteiger partial charge in [-0.2, -0.15) is 0 Å². The van der Waals surface area contributed by atoms with Crippen molar-refractivity contribution in [2.45, 2.75) is 25.7 Å². The lowest BCUT2D eigenvalue weighted by molar-refractivity contribution is -0.0423. The summed E-state index contributed by atoms with van der Waals surface area (Å²) >= 11 is 6.02. The van der Waals surface area contributed by atoms with Crippen molar-refractivity contribution in [2.24, 2.45) is 5.73 Å². The maximum atomic E-state index is 9.81. The zero-order chi connectivity index (χ0) is 15.0. The Morgan fingerprint density at radius 1 is 1.30 bits per heavy atom. The van der Waals surface area contributed by atoms with E-state index in [9.17, 15) is 5.11 Å². The SMILES string of the molecule is COCC(C)OCC(O)COc1cccc(Cl)c1CN. The molecule has 0 aliphatic heterocycles. The minimum atomic E-state index is -0.723. The molecule has 0 aliphatic rings. The van der Waals surface area contributed by atoms with E-state index < -0.39 is 6.10 Å². The molecule has 0 aromatic heterocycles. The van der Waals surface area contributed by atoms with Crippen molar-refractivity contribution >= 4 is 11.6 Å². The molecule has 0 fully saturated rings. The number of benzene rings is 1. The first kappa shape index (κ1) is 17.2. The fraction of sp³-hybridized carbons (Fsp3) is 0.571. The Morgan fingerprint density at radius 2 is 2.05 bits per heavy atom. The van der Waals surface area contributed by atoms with E-state index >= 15 is 0 Å². The molecule has 6 heteroatoms. The van der Waals surface area contributed by atoms with Gasteiger partial charge in [0.05, 0.1) is 19.3 Å². The summed E-state index contributed by atoms with van der Waals surface area (Å²) in [5.41, 5.74) is 6.36. The molecule has 0 saturated carbocycles. The topological polar surface area (TPSA) is 73.9 Å². The van der Waals surface area contributed by atoms with Crippen molar-refractivity contribution in [3.05, 3.63) is 28.8 Å². The quantitative estimate of drug-likeness (QED) is 0.725. The molecule has 0 aliphatic carbocycles. The summed E-state index contributed by atoms with van der Waals surface area (Å²) in [7, 11) is 1.60. The molecule has 0 spiro atoms. The van der Waals surface area contributed by atoms with Gasteiger partial charge < -0.3 is 25.1 Å². The normalized spacial score (nSPS) is 14.1. The van der Waals surface area contributed by atoms with E-state index in [0.717, 1.165) is 5.56 Å². The molecule has 0 amide bonds. The fourth-order valence-electron chi connectivity index (χ4n) is 1.66. The number of halogens is 1. The maximum absolute atomic E-state index is 9.81. The third-order valence-electron chi connectivity index (χ3n) is 2.69. The minimum absolute atomic E-state index is 0.0691. The number of methoxy groups -OCH3 is 1. The van der Waals surface area contributed by atoms with E-state index in [2.05, 4.69) is 0 Å². The Bertz CT molecular complexity index is 403. The van der Waals surface area contributed by atoms with Gasteiger partial charge in [0.2, 0.25) is 0 Å². The van der Waals surface area contributed by atoms with Crippen molar-refractivity contribution in [1.82, 2.24) is 0 Å². The molecule has 2 atom stereocenters. The van der Waals surface area contributed by atoms with Crippen LogP contribution in [0.1, 0.15) is 12.5 Å². The first-order chi connectivity index (χ1) is 9.58. The predicted molar refractivity (Wildman–Crippen MR) is 78.1 cm³/mol. The van der Waals surface area contributed by atoms with Gasteiger partial charge in [-0.25, -0.2) is 0 Å². The molecule has 0 heterocycles. The Balaban J connectivity index is 2.41. The highest BCUT2D eigenvalue weighted by molar-refractivity contribution is 6.31. The van der Waals surface area contributed by atoms with E-state index in [4.69, 9.17) is 31.5 Å². The van der Waals surface area contributed by atoms with Gasteiger partial charge in [0.1, 0.15) is 18.5 Å². The Labute approximate surface area is 124 Å². The number of hydrogen-bond donors (Lipinski definition) is 2. The average molecular weight is 304 g/mol. The molecule has 2 unspecified atom stereocenters. The number of ether oxygens (including phenoxy) is 3. The Morgan fingerprint density at radius 3 is 2.70 bits per heavy atom. The highest BCUT2D eigenvalue weighted by Crippen LogP contribution is 2.25. The second-order valence-electron chi connectivity index (χ2n) is 4.48. The molecule has 114 valence electrons. The van der Waals surface area contributed by atoms with Crippen LogP contribution in [0.5, 0.6) is 5.75 Å². The van der Waals surface area contributed by atoms with E-state index in [-0.39, 0.29) is 25.9 Å². The van der Waals surface area contributed by atoms with E-state index in [1.54, 1.807) is 25.3 Å². The molecule has 20 heavy (non-hydrogen) atoms. The van der Waals surface area contributed by atoms with Gasteiger partial charge >= 0.3 is 0 Å². The third-order valence-corrected chi connectivity index (χ3v) is 3.04. The number of nitrogens with two attached hydrogens (primary N) is 1. The predicted octanol–water partition coefficient (Wildman–Crippen LogP) is 1.59. The molecule has 5 nitrogen and oxygen atoms in total.